The second-order valence-corrected chi connectivity index (χ2v) is 4.45. The first kappa shape index (κ1) is 12.9. The third-order valence-electron chi connectivity index (χ3n) is 3.62. The summed E-state index contributed by atoms with van der Waals surface area (Å²) in [5.74, 6) is 0. The SMILES string of the molecule is CCN(CC)CCN1CCCCC1CN. The summed E-state index contributed by atoms with van der Waals surface area (Å²) in [5.41, 5.74) is 5.81. The molecular formula is C12H27N3. The molecule has 1 heterocycles. The average molecular weight is 213 g/mol. The van der Waals surface area contributed by atoms with Crippen LogP contribution >= 0.6 is 0 Å². The third kappa shape index (κ3) is 4.09. The molecule has 0 aliphatic carbocycles. The average Bonchev–Trinajstić information content (AvgIpc) is 2.31. The van der Waals surface area contributed by atoms with E-state index < -0.39 is 0 Å². The third-order valence-corrected chi connectivity index (χ3v) is 3.62. The lowest BCUT2D eigenvalue weighted by molar-refractivity contribution is 0.132. The molecule has 0 saturated carbocycles. The molecule has 3 heteroatoms. The number of piperidine rings is 1. The van der Waals surface area contributed by atoms with E-state index in [-0.39, 0.29) is 0 Å². The summed E-state index contributed by atoms with van der Waals surface area (Å²) < 4.78 is 0. The topological polar surface area (TPSA) is 32.5 Å². The Hall–Kier alpha value is -0.120. The largest absolute Gasteiger partial charge is 0.329 e. The monoisotopic (exact) mass is 213 g/mol. The Labute approximate surface area is 94.6 Å². The van der Waals surface area contributed by atoms with Crippen LogP contribution in [0, 0.1) is 0 Å². The molecular weight excluding hydrogens is 186 g/mol. The van der Waals surface area contributed by atoms with Crippen molar-refractivity contribution in [2.75, 3.05) is 39.3 Å². The van der Waals surface area contributed by atoms with E-state index in [1.807, 2.05) is 0 Å². The van der Waals surface area contributed by atoms with E-state index in [0.717, 1.165) is 19.6 Å². The summed E-state index contributed by atoms with van der Waals surface area (Å²) >= 11 is 0. The van der Waals surface area contributed by atoms with Gasteiger partial charge in [-0.05, 0) is 32.5 Å². The fourth-order valence-corrected chi connectivity index (χ4v) is 2.43. The van der Waals surface area contributed by atoms with Gasteiger partial charge < -0.3 is 10.6 Å². The minimum Gasteiger partial charge on any atom is -0.329 e. The highest BCUT2D eigenvalue weighted by molar-refractivity contribution is 4.78. The molecule has 3 nitrogen and oxygen atoms in total. The highest BCUT2D eigenvalue weighted by Gasteiger charge is 2.20. The van der Waals surface area contributed by atoms with Crippen LogP contribution in [0.5, 0.6) is 0 Å². The number of hydrogen-bond donors (Lipinski definition) is 1. The molecule has 0 aromatic carbocycles. The van der Waals surface area contributed by atoms with Crippen molar-refractivity contribution in [3.63, 3.8) is 0 Å². The zero-order valence-corrected chi connectivity index (χ0v) is 10.4. The fraction of sp³-hybridized carbons (Fsp3) is 1.00. The van der Waals surface area contributed by atoms with Crippen LogP contribution in [0.15, 0.2) is 0 Å². The van der Waals surface area contributed by atoms with Crippen LogP contribution < -0.4 is 5.73 Å². The number of rotatable bonds is 6. The summed E-state index contributed by atoms with van der Waals surface area (Å²) in [6, 6.07) is 0.648. The van der Waals surface area contributed by atoms with Crippen molar-refractivity contribution in [2.45, 2.75) is 39.2 Å². The van der Waals surface area contributed by atoms with Gasteiger partial charge in [0.1, 0.15) is 0 Å². The van der Waals surface area contributed by atoms with E-state index in [1.165, 1.54) is 38.9 Å². The normalized spacial score (nSPS) is 23.6. The second-order valence-electron chi connectivity index (χ2n) is 4.45. The van der Waals surface area contributed by atoms with Gasteiger partial charge in [0, 0.05) is 25.7 Å². The van der Waals surface area contributed by atoms with Gasteiger partial charge in [-0.1, -0.05) is 20.3 Å². The van der Waals surface area contributed by atoms with Crippen LogP contribution in [-0.4, -0.2) is 55.1 Å². The highest BCUT2D eigenvalue weighted by Crippen LogP contribution is 2.15. The van der Waals surface area contributed by atoms with Gasteiger partial charge in [0.2, 0.25) is 0 Å². The first-order valence-corrected chi connectivity index (χ1v) is 6.48. The molecule has 0 amide bonds. The minimum atomic E-state index is 0.648. The molecule has 90 valence electrons. The molecule has 1 fully saturated rings. The minimum absolute atomic E-state index is 0.648. The number of likely N-dealkylation sites (tertiary alicyclic amines) is 1. The van der Waals surface area contributed by atoms with Crippen LogP contribution in [-0.2, 0) is 0 Å². The van der Waals surface area contributed by atoms with E-state index in [0.29, 0.717) is 6.04 Å². The Morgan fingerprint density at radius 1 is 1.27 bits per heavy atom. The summed E-state index contributed by atoms with van der Waals surface area (Å²) in [6.07, 6.45) is 4.02. The van der Waals surface area contributed by atoms with Crippen molar-refractivity contribution >= 4 is 0 Å². The van der Waals surface area contributed by atoms with Crippen LogP contribution in [0.2, 0.25) is 0 Å². The smallest absolute Gasteiger partial charge is 0.0218 e. The Kier molecular flexibility index (Phi) is 6.22. The van der Waals surface area contributed by atoms with Crippen LogP contribution in [0.4, 0.5) is 0 Å². The molecule has 1 aliphatic heterocycles. The molecule has 1 atom stereocenters. The number of likely N-dealkylation sites (N-methyl/N-ethyl adjacent to an activating group) is 1. The summed E-state index contributed by atoms with van der Waals surface area (Å²) in [5, 5.41) is 0. The van der Waals surface area contributed by atoms with Crippen molar-refractivity contribution in [1.82, 2.24) is 9.80 Å². The Balaban J connectivity index is 2.28. The van der Waals surface area contributed by atoms with E-state index >= 15 is 0 Å². The Bertz CT molecular complexity index is 157. The van der Waals surface area contributed by atoms with E-state index in [9.17, 15) is 0 Å². The first-order chi connectivity index (χ1) is 7.31. The molecule has 0 radical (unpaired) electrons. The zero-order chi connectivity index (χ0) is 11.1. The van der Waals surface area contributed by atoms with Gasteiger partial charge in [-0.3, -0.25) is 4.90 Å². The highest BCUT2D eigenvalue weighted by atomic mass is 15.2. The molecule has 0 bridgehead atoms. The maximum atomic E-state index is 5.81. The maximum absolute atomic E-state index is 5.81. The van der Waals surface area contributed by atoms with Gasteiger partial charge in [-0.15, -0.1) is 0 Å². The predicted molar refractivity (Wildman–Crippen MR) is 66.1 cm³/mol. The van der Waals surface area contributed by atoms with Crippen molar-refractivity contribution < 1.29 is 0 Å². The van der Waals surface area contributed by atoms with Crippen molar-refractivity contribution in [3.8, 4) is 0 Å². The molecule has 0 aromatic heterocycles. The predicted octanol–water partition coefficient (Wildman–Crippen LogP) is 1.14. The molecule has 0 aromatic rings. The standard InChI is InChI=1S/C12H27N3/c1-3-14(4-2)9-10-15-8-6-5-7-12(15)11-13/h12H,3-11,13H2,1-2H3. The van der Waals surface area contributed by atoms with E-state index in [4.69, 9.17) is 5.73 Å². The second kappa shape index (κ2) is 7.20. The van der Waals surface area contributed by atoms with Gasteiger partial charge in [-0.25, -0.2) is 0 Å². The van der Waals surface area contributed by atoms with Gasteiger partial charge >= 0.3 is 0 Å². The van der Waals surface area contributed by atoms with Crippen molar-refractivity contribution in [1.29, 1.82) is 0 Å². The van der Waals surface area contributed by atoms with Gasteiger partial charge in [0.15, 0.2) is 0 Å². The summed E-state index contributed by atoms with van der Waals surface area (Å²) in [7, 11) is 0. The number of nitrogens with zero attached hydrogens (tertiary/aromatic N) is 2. The lowest BCUT2D eigenvalue weighted by atomic mass is 10.0. The number of nitrogens with two attached hydrogens (primary N) is 1. The number of hydrogen-bond acceptors (Lipinski definition) is 3. The van der Waals surface area contributed by atoms with Gasteiger partial charge in [0.25, 0.3) is 0 Å². The van der Waals surface area contributed by atoms with Crippen LogP contribution in [0.3, 0.4) is 0 Å². The molecule has 1 rings (SSSR count). The summed E-state index contributed by atoms with van der Waals surface area (Å²) in [4.78, 5) is 5.07. The van der Waals surface area contributed by atoms with Gasteiger partial charge in [-0.2, -0.15) is 0 Å². The molecule has 1 unspecified atom stereocenters. The molecule has 15 heavy (non-hydrogen) atoms. The van der Waals surface area contributed by atoms with Crippen molar-refractivity contribution in [3.05, 3.63) is 0 Å². The molecule has 1 saturated heterocycles. The van der Waals surface area contributed by atoms with Gasteiger partial charge in [0.05, 0.1) is 0 Å². The zero-order valence-electron chi connectivity index (χ0n) is 10.4. The van der Waals surface area contributed by atoms with E-state index in [1.54, 1.807) is 0 Å². The van der Waals surface area contributed by atoms with Crippen LogP contribution in [0.25, 0.3) is 0 Å². The quantitative estimate of drug-likeness (QED) is 0.718. The Morgan fingerprint density at radius 3 is 2.60 bits per heavy atom. The maximum Gasteiger partial charge on any atom is 0.0218 e. The van der Waals surface area contributed by atoms with Crippen molar-refractivity contribution in [2.24, 2.45) is 5.73 Å². The Morgan fingerprint density at radius 2 is 2.00 bits per heavy atom. The lowest BCUT2D eigenvalue weighted by Crippen LogP contribution is -2.47. The van der Waals surface area contributed by atoms with Crippen LogP contribution in [0.1, 0.15) is 33.1 Å². The molecule has 0 spiro atoms. The van der Waals surface area contributed by atoms with E-state index in [2.05, 4.69) is 23.6 Å². The summed E-state index contributed by atoms with van der Waals surface area (Å²) in [6.45, 7) is 11.3. The first-order valence-electron chi connectivity index (χ1n) is 6.48. The lowest BCUT2D eigenvalue weighted by Gasteiger charge is -2.36. The fourth-order valence-electron chi connectivity index (χ4n) is 2.43. The molecule has 1 aliphatic rings. The molecule has 2 N–H and O–H groups in total.